The molecule has 1 saturated heterocycles. The first-order chi connectivity index (χ1) is 15.6. The molecule has 2 saturated carbocycles. The van der Waals surface area contributed by atoms with Crippen molar-refractivity contribution in [3.8, 4) is 11.8 Å². The topological polar surface area (TPSA) is 26.3 Å². The largest absolute Gasteiger partial charge is 0.358 e. The highest BCUT2D eigenvalue weighted by Gasteiger charge is 2.54. The summed E-state index contributed by atoms with van der Waals surface area (Å²) in [4.78, 5) is 12.6. The van der Waals surface area contributed by atoms with Gasteiger partial charge in [-0.05, 0) is 91.5 Å². The van der Waals surface area contributed by atoms with E-state index < -0.39 is 5.60 Å². The van der Waals surface area contributed by atoms with Crippen molar-refractivity contribution in [1.82, 2.24) is 0 Å². The third-order valence-electron chi connectivity index (χ3n) is 9.11. The number of ketones is 1. The summed E-state index contributed by atoms with van der Waals surface area (Å²) in [6.45, 7) is 3.03. The normalized spacial score (nSPS) is 35.4. The molecule has 0 radical (unpaired) electrons. The number of carbonyl (C=O) groups is 1. The lowest BCUT2D eigenvalue weighted by atomic mass is 9.55. The molecule has 0 N–H and O–H groups in total. The molecule has 6 rings (SSSR count). The maximum atomic E-state index is 12.6. The second-order valence-corrected chi connectivity index (χ2v) is 10.6. The highest BCUT2D eigenvalue weighted by Crippen LogP contribution is 2.59. The summed E-state index contributed by atoms with van der Waals surface area (Å²) in [5.74, 6) is 9.42. The predicted octanol–water partition coefficient (Wildman–Crippen LogP) is 6.17. The Morgan fingerprint density at radius 2 is 1.88 bits per heavy atom. The summed E-state index contributed by atoms with van der Waals surface area (Å²) >= 11 is 0. The van der Waals surface area contributed by atoms with Crippen LogP contribution >= 0.6 is 0 Å². The average Bonchev–Trinajstić information content (AvgIpc) is 3.43. The Morgan fingerprint density at radius 3 is 2.69 bits per heavy atom. The zero-order chi connectivity index (χ0) is 21.8. The molecule has 1 unspecified atom stereocenters. The molecule has 1 heterocycles. The van der Waals surface area contributed by atoms with Crippen molar-refractivity contribution in [3.63, 3.8) is 0 Å². The maximum Gasteiger partial charge on any atom is 0.154 e. The van der Waals surface area contributed by atoms with Gasteiger partial charge in [0.2, 0.25) is 0 Å². The number of rotatable bonds is 1. The summed E-state index contributed by atoms with van der Waals surface area (Å²) in [5.41, 5.74) is 4.77. The monoisotopic (exact) mass is 424 g/mol. The van der Waals surface area contributed by atoms with E-state index in [9.17, 15) is 4.79 Å². The minimum Gasteiger partial charge on any atom is -0.358 e. The summed E-state index contributed by atoms with van der Waals surface area (Å²) < 4.78 is 6.19. The van der Waals surface area contributed by atoms with Crippen LogP contribution in [0.25, 0.3) is 0 Å². The van der Waals surface area contributed by atoms with E-state index in [-0.39, 0.29) is 5.41 Å². The number of ether oxygens (including phenoxy) is 1. The number of carbonyl (C=O) groups excluding carboxylic acids is 1. The number of benzene rings is 2. The van der Waals surface area contributed by atoms with Crippen LogP contribution in [0.4, 0.5) is 0 Å². The van der Waals surface area contributed by atoms with Crippen molar-refractivity contribution in [3.05, 3.63) is 70.8 Å². The number of hydrogen-bond acceptors (Lipinski definition) is 2. The van der Waals surface area contributed by atoms with Crippen molar-refractivity contribution in [2.24, 2.45) is 17.3 Å². The van der Waals surface area contributed by atoms with Crippen molar-refractivity contribution >= 4 is 5.78 Å². The van der Waals surface area contributed by atoms with Crippen molar-refractivity contribution in [2.75, 3.05) is 6.61 Å². The molecule has 2 aromatic rings. The minimum atomic E-state index is -0.467. The van der Waals surface area contributed by atoms with Crippen LogP contribution in [0.1, 0.15) is 80.0 Å². The van der Waals surface area contributed by atoms with Gasteiger partial charge in [0.1, 0.15) is 5.78 Å². The molecule has 1 aliphatic heterocycles. The minimum absolute atomic E-state index is 0.0445. The molecule has 2 nitrogen and oxygen atoms in total. The molecule has 5 atom stereocenters. The Kier molecular flexibility index (Phi) is 4.81. The van der Waals surface area contributed by atoms with E-state index in [1.807, 2.05) is 6.07 Å². The van der Waals surface area contributed by atoms with Crippen LogP contribution in [0.2, 0.25) is 0 Å². The van der Waals surface area contributed by atoms with E-state index >= 15 is 0 Å². The molecule has 0 aromatic heterocycles. The Bertz CT molecular complexity index is 1100. The second-order valence-electron chi connectivity index (χ2n) is 10.6. The number of hydrogen-bond donors (Lipinski definition) is 0. The van der Waals surface area contributed by atoms with Gasteiger partial charge in [0, 0.05) is 24.0 Å². The highest BCUT2D eigenvalue weighted by atomic mass is 16.5. The SMILES string of the molecule is C[C@]12CC[C@@H]3c4ccc(C#CC5(c6ccccc6)CCCO5)cc4CC[C@H]3[C@@H]1CCC2=O. The smallest absolute Gasteiger partial charge is 0.154 e. The van der Waals surface area contributed by atoms with Gasteiger partial charge in [-0.1, -0.05) is 55.2 Å². The van der Waals surface area contributed by atoms with Gasteiger partial charge >= 0.3 is 0 Å². The molecule has 0 bridgehead atoms. The Balaban J connectivity index is 1.29. The molecule has 0 spiro atoms. The molecule has 2 aromatic carbocycles. The molecule has 3 fully saturated rings. The van der Waals surface area contributed by atoms with Gasteiger partial charge in [0.15, 0.2) is 5.60 Å². The third kappa shape index (κ3) is 3.09. The van der Waals surface area contributed by atoms with Crippen molar-refractivity contribution in [1.29, 1.82) is 0 Å². The molecular formula is C30H32O2. The number of fused-ring (bicyclic) bond motifs is 5. The van der Waals surface area contributed by atoms with Crippen LogP contribution in [0.15, 0.2) is 48.5 Å². The predicted molar refractivity (Wildman–Crippen MR) is 126 cm³/mol. The number of aryl methyl sites for hydroxylation is 1. The van der Waals surface area contributed by atoms with Crippen LogP contribution < -0.4 is 0 Å². The molecule has 3 aliphatic carbocycles. The van der Waals surface area contributed by atoms with E-state index in [0.717, 1.165) is 57.1 Å². The lowest BCUT2D eigenvalue weighted by Gasteiger charge is -2.48. The highest BCUT2D eigenvalue weighted by molar-refractivity contribution is 5.87. The van der Waals surface area contributed by atoms with Gasteiger partial charge in [-0.25, -0.2) is 0 Å². The third-order valence-corrected chi connectivity index (χ3v) is 9.11. The molecule has 2 heteroatoms. The fraction of sp³-hybridized carbons (Fsp3) is 0.500. The number of Topliss-reactive ketones (excluding diaryl/α,β-unsaturated/α-hetero) is 1. The molecular weight excluding hydrogens is 392 g/mol. The van der Waals surface area contributed by atoms with Gasteiger partial charge in [-0.2, -0.15) is 0 Å². The molecule has 32 heavy (non-hydrogen) atoms. The zero-order valence-electron chi connectivity index (χ0n) is 19.0. The molecule has 164 valence electrons. The first kappa shape index (κ1) is 20.3. The lowest BCUT2D eigenvalue weighted by molar-refractivity contribution is -0.129. The van der Waals surface area contributed by atoms with Gasteiger partial charge in [0.05, 0.1) is 0 Å². The van der Waals surface area contributed by atoms with Crippen molar-refractivity contribution in [2.45, 2.75) is 69.8 Å². The first-order valence-electron chi connectivity index (χ1n) is 12.5. The van der Waals surface area contributed by atoms with Gasteiger partial charge in [-0.15, -0.1) is 0 Å². The van der Waals surface area contributed by atoms with Gasteiger partial charge in [-0.3, -0.25) is 4.79 Å². The van der Waals surface area contributed by atoms with Crippen LogP contribution in [0, 0.1) is 29.1 Å². The Labute approximate surface area is 191 Å². The summed E-state index contributed by atoms with van der Waals surface area (Å²) in [7, 11) is 0. The van der Waals surface area contributed by atoms with Crippen LogP contribution in [-0.2, 0) is 21.6 Å². The lowest BCUT2D eigenvalue weighted by Crippen LogP contribution is -2.42. The summed E-state index contributed by atoms with van der Waals surface area (Å²) in [6.07, 6.45) is 8.49. The second kappa shape index (κ2) is 7.60. The van der Waals surface area contributed by atoms with Crippen LogP contribution in [0.3, 0.4) is 0 Å². The van der Waals surface area contributed by atoms with E-state index in [1.165, 1.54) is 23.1 Å². The Morgan fingerprint density at radius 1 is 1.00 bits per heavy atom. The summed E-state index contributed by atoms with van der Waals surface area (Å²) in [6, 6.07) is 17.4. The van der Waals surface area contributed by atoms with E-state index in [2.05, 4.69) is 61.2 Å². The first-order valence-corrected chi connectivity index (χ1v) is 12.5. The molecule has 0 amide bonds. The maximum absolute atomic E-state index is 12.6. The van der Waals surface area contributed by atoms with Gasteiger partial charge < -0.3 is 4.74 Å². The fourth-order valence-corrected chi connectivity index (χ4v) is 7.35. The zero-order valence-corrected chi connectivity index (χ0v) is 19.0. The fourth-order valence-electron chi connectivity index (χ4n) is 7.35. The van der Waals surface area contributed by atoms with Gasteiger partial charge in [0.25, 0.3) is 0 Å². The van der Waals surface area contributed by atoms with Crippen LogP contribution in [0.5, 0.6) is 0 Å². The van der Waals surface area contributed by atoms with Crippen LogP contribution in [-0.4, -0.2) is 12.4 Å². The standard InChI is InChI=1S/C30H32O2/c1-29-17-15-25-24-10-8-21(20-22(24)9-11-26(25)27(29)12-13-28(29)31)14-18-30(16-5-19-32-30)23-6-3-2-4-7-23/h2-4,6-8,10,20,25-27H,5,9,11-13,15-17,19H2,1H3/t25-,26-,27+,29+,30?/m1/s1. The van der Waals surface area contributed by atoms with Crippen molar-refractivity contribution < 1.29 is 9.53 Å². The molecule has 4 aliphatic rings. The van der Waals surface area contributed by atoms with E-state index in [0.29, 0.717) is 23.5 Å². The van der Waals surface area contributed by atoms with E-state index in [4.69, 9.17) is 4.74 Å². The Hall–Kier alpha value is -2.37. The quantitative estimate of drug-likeness (QED) is 0.512. The average molecular weight is 425 g/mol. The summed E-state index contributed by atoms with van der Waals surface area (Å²) in [5, 5.41) is 0. The van der Waals surface area contributed by atoms with E-state index in [1.54, 1.807) is 0 Å².